The first kappa shape index (κ1) is 11.6. The van der Waals surface area contributed by atoms with Gasteiger partial charge in [-0.2, -0.15) is 0 Å². The van der Waals surface area contributed by atoms with Gasteiger partial charge in [-0.1, -0.05) is 0 Å². The molecule has 84 valence electrons. The molecule has 15 heavy (non-hydrogen) atoms. The van der Waals surface area contributed by atoms with Crippen molar-refractivity contribution in [3.05, 3.63) is 0 Å². The summed E-state index contributed by atoms with van der Waals surface area (Å²) < 4.78 is 4.72. The Morgan fingerprint density at radius 3 is 2.53 bits per heavy atom. The van der Waals surface area contributed by atoms with Gasteiger partial charge in [0.05, 0.1) is 12.7 Å². The van der Waals surface area contributed by atoms with Crippen LogP contribution in [0.25, 0.3) is 0 Å². The number of aliphatic imine (C=N–C) groups is 1. The fourth-order valence-electron chi connectivity index (χ4n) is 1.04. The molecule has 0 aromatic rings. The number of guanidine groups is 1. The highest BCUT2D eigenvalue weighted by Crippen LogP contribution is 1.93. The van der Waals surface area contributed by atoms with E-state index in [4.69, 9.17) is 4.74 Å². The van der Waals surface area contributed by atoms with Gasteiger partial charge in [0.15, 0.2) is 0 Å². The van der Waals surface area contributed by atoms with E-state index < -0.39 is 17.9 Å². The molecule has 1 saturated heterocycles. The highest BCUT2D eigenvalue weighted by molar-refractivity contribution is 6.45. The molecule has 1 atom stereocenters. The van der Waals surface area contributed by atoms with Gasteiger partial charge in [-0.05, 0) is 6.42 Å². The standard InChI is InChI=1S/C8H13N3O4/c1-15-4-5(12)2-3-9-8-10-6(13)7(14)11-8/h5,12H,2-4H2,1H3,(H2,9,10,11,13,14). The Hall–Kier alpha value is -1.47. The van der Waals surface area contributed by atoms with Crippen molar-refractivity contribution in [3.63, 3.8) is 0 Å². The van der Waals surface area contributed by atoms with E-state index in [1.165, 1.54) is 7.11 Å². The lowest BCUT2D eigenvalue weighted by molar-refractivity contribution is -0.135. The summed E-state index contributed by atoms with van der Waals surface area (Å²) in [6.07, 6.45) is -0.185. The Morgan fingerprint density at radius 2 is 2.00 bits per heavy atom. The monoisotopic (exact) mass is 215 g/mol. The Balaban J connectivity index is 2.27. The lowest BCUT2D eigenvalue weighted by Crippen LogP contribution is -2.26. The summed E-state index contributed by atoms with van der Waals surface area (Å²) in [6.45, 7) is 0.546. The van der Waals surface area contributed by atoms with E-state index in [2.05, 4.69) is 15.6 Å². The zero-order chi connectivity index (χ0) is 11.3. The van der Waals surface area contributed by atoms with Crippen LogP contribution in [0.4, 0.5) is 0 Å². The Morgan fingerprint density at radius 1 is 1.40 bits per heavy atom. The van der Waals surface area contributed by atoms with Crippen LogP contribution in [0.5, 0.6) is 0 Å². The van der Waals surface area contributed by atoms with Crippen LogP contribution in [0, 0.1) is 0 Å². The van der Waals surface area contributed by atoms with Gasteiger partial charge in [0.1, 0.15) is 0 Å². The number of ether oxygens (including phenoxy) is 1. The van der Waals surface area contributed by atoms with Crippen molar-refractivity contribution in [1.29, 1.82) is 0 Å². The first-order valence-corrected chi connectivity index (χ1v) is 4.47. The minimum atomic E-state index is -0.716. The summed E-state index contributed by atoms with van der Waals surface area (Å²) in [6, 6.07) is 0. The first-order valence-electron chi connectivity index (χ1n) is 4.47. The molecule has 0 spiro atoms. The molecular formula is C8H13N3O4. The molecule has 0 aromatic carbocycles. The minimum Gasteiger partial charge on any atom is -0.391 e. The van der Waals surface area contributed by atoms with Crippen LogP contribution in [0.3, 0.4) is 0 Å². The fraction of sp³-hybridized carbons (Fsp3) is 0.625. The Bertz CT molecular complexity index is 272. The molecular weight excluding hydrogens is 202 g/mol. The molecule has 0 bridgehead atoms. The van der Waals surface area contributed by atoms with Crippen molar-refractivity contribution < 1.29 is 19.4 Å². The third-order valence-electron chi connectivity index (χ3n) is 1.76. The average Bonchev–Trinajstić information content (AvgIpc) is 2.46. The molecule has 1 aliphatic heterocycles. The molecule has 7 heteroatoms. The second kappa shape index (κ2) is 5.42. The molecule has 0 radical (unpaired) electrons. The highest BCUT2D eigenvalue weighted by Gasteiger charge is 2.24. The predicted octanol–water partition coefficient (Wildman–Crippen LogP) is -2.01. The molecule has 0 aromatic heterocycles. The van der Waals surface area contributed by atoms with Crippen molar-refractivity contribution in [3.8, 4) is 0 Å². The number of nitrogens with one attached hydrogen (secondary N) is 2. The SMILES string of the molecule is COCC(O)CCN=C1NC(=O)C(=O)N1. The van der Waals surface area contributed by atoms with E-state index in [9.17, 15) is 14.7 Å². The fourth-order valence-corrected chi connectivity index (χ4v) is 1.04. The number of aliphatic hydroxyl groups excluding tert-OH is 1. The molecule has 0 aliphatic carbocycles. The molecule has 7 nitrogen and oxygen atoms in total. The van der Waals surface area contributed by atoms with Gasteiger partial charge in [-0.25, -0.2) is 0 Å². The van der Waals surface area contributed by atoms with Crippen molar-refractivity contribution in [2.45, 2.75) is 12.5 Å². The molecule has 0 saturated carbocycles. The van der Waals surface area contributed by atoms with Gasteiger partial charge in [-0.3, -0.25) is 25.2 Å². The van der Waals surface area contributed by atoms with Crippen molar-refractivity contribution in [1.82, 2.24) is 10.6 Å². The molecule has 1 rings (SSSR count). The van der Waals surface area contributed by atoms with Crippen molar-refractivity contribution in [2.24, 2.45) is 4.99 Å². The second-order valence-corrected chi connectivity index (χ2v) is 3.04. The van der Waals surface area contributed by atoms with Crippen molar-refractivity contribution >= 4 is 17.8 Å². The van der Waals surface area contributed by atoms with Gasteiger partial charge in [-0.15, -0.1) is 0 Å². The van der Waals surface area contributed by atoms with Crippen LogP contribution < -0.4 is 10.6 Å². The zero-order valence-corrected chi connectivity index (χ0v) is 8.32. The number of hydrogen-bond donors (Lipinski definition) is 3. The first-order chi connectivity index (χ1) is 7.13. The lowest BCUT2D eigenvalue weighted by atomic mass is 10.3. The summed E-state index contributed by atoms with van der Waals surface area (Å²) in [5, 5.41) is 13.8. The van der Waals surface area contributed by atoms with E-state index >= 15 is 0 Å². The normalized spacial score (nSPS) is 17.3. The van der Waals surface area contributed by atoms with E-state index in [1.807, 2.05) is 0 Å². The van der Waals surface area contributed by atoms with Crippen LogP contribution in [0.2, 0.25) is 0 Å². The summed E-state index contributed by atoms with van der Waals surface area (Å²) in [5.74, 6) is -1.30. The Kier molecular flexibility index (Phi) is 4.19. The zero-order valence-electron chi connectivity index (χ0n) is 8.32. The average molecular weight is 215 g/mol. The van der Waals surface area contributed by atoms with E-state index in [-0.39, 0.29) is 12.6 Å². The van der Waals surface area contributed by atoms with Gasteiger partial charge in [0, 0.05) is 13.7 Å². The topological polar surface area (TPSA) is 100 Å². The molecule has 1 unspecified atom stereocenters. The number of aliphatic hydroxyl groups is 1. The quantitative estimate of drug-likeness (QED) is 0.461. The summed E-state index contributed by atoms with van der Waals surface area (Å²) in [7, 11) is 1.49. The van der Waals surface area contributed by atoms with Gasteiger partial charge < -0.3 is 9.84 Å². The second-order valence-electron chi connectivity index (χ2n) is 3.04. The van der Waals surface area contributed by atoms with Crippen LogP contribution in [-0.4, -0.2) is 49.2 Å². The number of carbonyl (C=O) groups excluding carboxylic acids is 2. The van der Waals surface area contributed by atoms with E-state index in [1.54, 1.807) is 0 Å². The maximum absolute atomic E-state index is 10.7. The van der Waals surface area contributed by atoms with Crippen LogP contribution >= 0.6 is 0 Å². The molecule has 3 N–H and O–H groups in total. The minimum absolute atomic E-state index is 0.134. The van der Waals surface area contributed by atoms with E-state index in [0.29, 0.717) is 13.0 Å². The highest BCUT2D eigenvalue weighted by atomic mass is 16.5. The third-order valence-corrected chi connectivity index (χ3v) is 1.76. The molecule has 1 fully saturated rings. The van der Waals surface area contributed by atoms with E-state index in [0.717, 1.165) is 0 Å². The molecule has 2 amide bonds. The number of hydrogen-bond acceptors (Lipinski definition) is 5. The van der Waals surface area contributed by atoms with Gasteiger partial charge >= 0.3 is 11.8 Å². The maximum atomic E-state index is 10.7. The number of amides is 2. The van der Waals surface area contributed by atoms with Crippen LogP contribution in [0.1, 0.15) is 6.42 Å². The van der Waals surface area contributed by atoms with Crippen LogP contribution in [-0.2, 0) is 14.3 Å². The lowest BCUT2D eigenvalue weighted by Gasteiger charge is -2.06. The number of carbonyl (C=O) groups is 2. The maximum Gasteiger partial charge on any atom is 0.316 e. The molecule has 1 heterocycles. The Labute approximate surface area is 86.5 Å². The van der Waals surface area contributed by atoms with Gasteiger partial charge in [0.2, 0.25) is 5.96 Å². The van der Waals surface area contributed by atoms with Gasteiger partial charge in [0.25, 0.3) is 0 Å². The molecule has 1 aliphatic rings. The number of methoxy groups -OCH3 is 1. The van der Waals surface area contributed by atoms with Crippen molar-refractivity contribution in [2.75, 3.05) is 20.3 Å². The summed E-state index contributed by atoms with van der Waals surface area (Å²) >= 11 is 0. The third kappa shape index (κ3) is 3.64. The predicted molar refractivity (Wildman–Crippen MR) is 51.1 cm³/mol. The number of rotatable bonds is 5. The smallest absolute Gasteiger partial charge is 0.316 e. The van der Waals surface area contributed by atoms with Crippen LogP contribution in [0.15, 0.2) is 4.99 Å². The largest absolute Gasteiger partial charge is 0.391 e. The number of nitrogens with zero attached hydrogens (tertiary/aromatic N) is 1. The summed E-state index contributed by atoms with van der Waals surface area (Å²) in [5.41, 5.74) is 0. The summed E-state index contributed by atoms with van der Waals surface area (Å²) in [4.78, 5) is 25.3.